The maximum Gasteiger partial charge on any atom is 0.257 e. The number of benzene rings is 1. The Balaban J connectivity index is 2.32. The molecule has 3 nitrogen and oxygen atoms in total. The maximum absolute atomic E-state index is 13.8. The predicted octanol–water partition coefficient (Wildman–Crippen LogP) is 2.96. The molecule has 1 fully saturated rings. The molecule has 1 aliphatic rings. The summed E-state index contributed by atoms with van der Waals surface area (Å²) in [5.74, 6) is -2.14. The highest BCUT2D eigenvalue weighted by atomic mass is 35.5. The van der Waals surface area contributed by atoms with Gasteiger partial charge in [-0.1, -0.05) is 11.6 Å². The highest BCUT2D eigenvalue weighted by Gasteiger charge is 2.31. The fraction of sp³-hybridized carbons (Fsp3) is 0.500. The van der Waals surface area contributed by atoms with Gasteiger partial charge in [-0.3, -0.25) is 4.79 Å². The zero-order valence-electron chi connectivity index (χ0n) is 11.2. The lowest BCUT2D eigenvalue weighted by atomic mass is 9.96. The second-order valence-corrected chi connectivity index (χ2v) is 5.57. The van der Waals surface area contributed by atoms with E-state index in [1.54, 1.807) is 4.90 Å². The van der Waals surface area contributed by atoms with E-state index in [0.717, 1.165) is 31.4 Å². The fourth-order valence-electron chi connectivity index (χ4n) is 2.60. The van der Waals surface area contributed by atoms with Crippen LogP contribution in [0, 0.1) is 11.6 Å². The van der Waals surface area contributed by atoms with Crippen LogP contribution in [0.4, 0.5) is 8.78 Å². The van der Waals surface area contributed by atoms with E-state index in [1.165, 1.54) is 0 Å². The van der Waals surface area contributed by atoms with Crippen LogP contribution in [-0.2, 0) is 0 Å². The summed E-state index contributed by atoms with van der Waals surface area (Å²) in [4.78, 5) is 14.0. The van der Waals surface area contributed by atoms with Crippen molar-refractivity contribution in [3.63, 3.8) is 0 Å². The third-order valence-corrected chi connectivity index (χ3v) is 3.95. The summed E-state index contributed by atoms with van der Waals surface area (Å²) in [6, 6.07) is 1.33. The number of carbonyl (C=O) groups excluding carboxylic acids is 1. The minimum absolute atomic E-state index is 0.144. The Kier molecular flexibility index (Phi) is 4.60. The zero-order valence-corrected chi connectivity index (χ0v) is 12.0. The van der Waals surface area contributed by atoms with Crippen molar-refractivity contribution in [2.24, 2.45) is 5.73 Å². The van der Waals surface area contributed by atoms with E-state index in [2.05, 4.69) is 0 Å². The first-order valence-electron chi connectivity index (χ1n) is 6.63. The van der Waals surface area contributed by atoms with Crippen molar-refractivity contribution in [1.29, 1.82) is 0 Å². The van der Waals surface area contributed by atoms with Crippen LogP contribution < -0.4 is 5.73 Å². The van der Waals surface area contributed by atoms with Crippen LogP contribution in [0.2, 0.25) is 5.02 Å². The summed E-state index contributed by atoms with van der Waals surface area (Å²) >= 11 is 5.50. The average molecular weight is 303 g/mol. The van der Waals surface area contributed by atoms with Gasteiger partial charge >= 0.3 is 0 Å². The molecule has 1 aromatic rings. The minimum atomic E-state index is -0.810. The third kappa shape index (κ3) is 2.94. The van der Waals surface area contributed by atoms with Gasteiger partial charge in [-0.15, -0.1) is 0 Å². The summed E-state index contributed by atoms with van der Waals surface area (Å²) in [5, 5.41) is -0.332. The lowest BCUT2D eigenvalue weighted by molar-refractivity contribution is 0.0578. The third-order valence-electron chi connectivity index (χ3n) is 3.66. The van der Waals surface area contributed by atoms with Crippen molar-refractivity contribution in [1.82, 2.24) is 4.90 Å². The number of halogens is 3. The Morgan fingerprint density at radius 3 is 2.75 bits per heavy atom. The molecule has 2 unspecified atom stereocenters. The molecule has 0 saturated carbocycles. The first kappa shape index (κ1) is 15.2. The second-order valence-electron chi connectivity index (χ2n) is 5.17. The first-order valence-corrected chi connectivity index (χ1v) is 7.00. The summed E-state index contributed by atoms with van der Waals surface area (Å²) in [5.41, 5.74) is 5.59. The molecule has 0 aliphatic carbocycles. The van der Waals surface area contributed by atoms with Gasteiger partial charge in [0.1, 0.15) is 11.6 Å². The van der Waals surface area contributed by atoms with Gasteiger partial charge in [-0.25, -0.2) is 8.78 Å². The number of amides is 1. The van der Waals surface area contributed by atoms with Gasteiger partial charge in [0, 0.05) is 18.6 Å². The van der Waals surface area contributed by atoms with Crippen LogP contribution >= 0.6 is 11.6 Å². The van der Waals surface area contributed by atoms with E-state index in [4.69, 9.17) is 17.3 Å². The van der Waals surface area contributed by atoms with Gasteiger partial charge < -0.3 is 10.6 Å². The van der Waals surface area contributed by atoms with Crippen LogP contribution in [0.15, 0.2) is 12.1 Å². The molecule has 0 spiro atoms. The molecule has 2 atom stereocenters. The van der Waals surface area contributed by atoms with Gasteiger partial charge in [0.05, 0.1) is 10.6 Å². The number of nitrogens with two attached hydrogens (primary N) is 1. The molecule has 6 heteroatoms. The lowest BCUT2D eigenvalue weighted by Gasteiger charge is -2.38. The van der Waals surface area contributed by atoms with E-state index < -0.39 is 17.5 Å². The van der Waals surface area contributed by atoms with Crippen molar-refractivity contribution in [3.05, 3.63) is 34.4 Å². The average Bonchev–Trinajstić information content (AvgIpc) is 2.42. The number of carbonyl (C=O) groups is 1. The molecule has 110 valence electrons. The van der Waals surface area contributed by atoms with Gasteiger partial charge in [0.15, 0.2) is 0 Å². The molecule has 0 radical (unpaired) electrons. The van der Waals surface area contributed by atoms with Crippen LogP contribution in [0.1, 0.15) is 36.5 Å². The number of hydrogen-bond acceptors (Lipinski definition) is 2. The predicted molar refractivity (Wildman–Crippen MR) is 73.7 cm³/mol. The Morgan fingerprint density at radius 1 is 1.40 bits per heavy atom. The second kappa shape index (κ2) is 6.06. The Hall–Kier alpha value is -1.20. The van der Waals surface area contributed by atoms with Gasteiger partial charge in [-0.2, -0.15) is 0 Å². The van der Waals surface area contributed by atoms with Crippen LogP contribution in [0.5, 0.6) is 0 Å². The summed E-state index contributed by atoms with van der Waals surface area (Å²) in [6.45, 7) is 2.32. The summed E-state index contributed by atoms with van der Waals surface area (Å²) < 4.78 is 27.3. The number of hydrogen-bond donors (Lipinski definition) is 1. The molecule has 1 aliphatic heterocycles. The van der Waals surface area contributed by atoms with Crippen LogP contribution in [-0.4, -0.2) is 29.4 Å². The molecular formula is C14H17ClF2N2O. The van der Waals surface area contributed by atoms with E-state index in [0.29, 0.717) is 6.54 Å². The van der Waals surface area contributed by atoms with Gasteiger partial charge in [0.25, 0.3) is 5.91 Å². The van der Waals surface area contributed by atoms with Crippen LogP contribution in [0.25, 0.3) is 0 Å². The maximum atomic E-state index is 13.8. The topological polar surface area (TPSA) is 46.3 Å². The van der Waals surface area contributed by atoms with Crippen molar-refractivity contribution in [2.75, 3.05) is 6.54 Å². The SMILES string of the molecule is CC(N)C1CCCCN1C(=O)c1cc(F)c(Cl)cc1F. The standard InChI is InChI=1S/C14H17ClF2N2O/c1-8(18)13-4-2-3-5-19(13)14(20)9-6-12(17)10(15)7-11(9)16/h6-8,13H,2-5,18H2,1H3. The minimum Gasteiger partial charge on any atom is -0.334 e. The van der Waals surface area contributed by atoms with Crippen LogP contribution in [0.3, 0.4) is 0 Å². The quantitative estimate of drug-likeness (QED) is 0.854. The van der Waals surface area contributed by atoms with E-state index in [-0.39, 0.29) is 22.7 Å². The molecule has 2 N–H and O–H groups in total. The van der Waals surface area contributed by atoms with Crippen molar-refractivity contribution < 1.29 is 13.6 Å². The molecule has 1 heterocycles. The molecule has 1 aromatic carbocycles. The molecule has 0 bridgehead atoms. The van der Waals surface area contributed by atoms with Crippen molar-refractivity contribution >= 4 is 17.5 Å². The molecule has 2 rings (SSSR count). The fourth-order valence-corrected chi connectivity index (χ4v) is 2.75. The van der Waals surface area contributed by atoms with Crippen molar-refractivity contribution in [2.45, 2.75) is 38.3 Å². The monoisotopic (exact) mass is 302 g/mol. The van der Waals surface area contributed by atoms with Gasteiger partial charge in [-0.05, 0) is 38.3 Å². The molecule has 1 saturated heterocycles. The van der Waals surface area contributed by atoms with E-state index >= 15 is 0 Å². The van der Waals surface area contributed by atoms with E-state index in [9.17, 15) is 13.6 Å². The first-order chi connectivity index (χ1) is 9.41. The van der Waals surface area contributed by atoms with Crippen molar-refractivity contribution in [3.8, 4) is 0 Å². The lowest BCUT2D eigenvalue weighted by Crippen LogP contribution is -2.51. The number of likely N-dealkylation sites (tertiary alicyclic amines) is 1. The number of rotatable bonds is 2. The normalized spacial score (nSPS) is 20.9. The summed E-state index contributed by atoms with van der Waals surface area (Å²) in [6.07, 6.45) is 2.60. The molecule has 1 amide bonds. The largest absolute Gasteiger partial charge is 0.334 e. The van der Waals surface area contributed by atoms with Gasteiger partial charge in [0.2, 0.25) is 0 Å². The number of nitrogens with zero attached hydrogens (tertiary/aromatic N) is 1. The zero-order chi connectivity index (χ0) is 14.9. The highest BCUT2D eigenvalue weighted by Crippen LogP contribution is 2.25. The highest BCUT2D eigenvalue weighted by molar-refractivity contribution is 6.30. The Labute approximate surface area is 121 Å². The molecular weight excluding hydrogens is 286 g/mol. The smallest absolute Gasteiger partial charge is 0.257 e. The Bertz CT molecular complexity index is 522. The number of piperidine rings is 1. The molecule has 20 heavy (non-hydrogen) atoms. The summed E-state index contributed by atoms with van der Waals surface area (Å²) in [7, 11) is 0. The van der Waals surface area contributed by atoms with E-state index in [1.807, 2.05) is 6.92 Å². The Morgan fingerprint density at radius 2 is 2.10 bits per heavy atom. The molecule has 0 aromatic heterocycles.